The number of carbonyl (C=O) groups excluding carboxylic acids is 3. The summed E-state index contributed by atoms with van der Waals surface area (Å²) in [5.74, 6) is -0.486. The van der Waals surface area contributed by atoms with Crippen molar-refractivity contribution >= 4 is 34.4 Å². The van der Waals surface area contributed by atoms with Gasteiger partial charge in [0, 0.05) is 28.4 Å². The molecule has 1 aromatic heterocycles. The molecule has 0 saturated carbocycles. The quantitative estimate of drug-likeness (QED) is 0.155. The van der Waals surface area contributed by atoms with Crippen LogP contribution in [0, 0.1) is 6.92 Å². The summed E-state index contributed by atoms with van der Waals surface area (Å²) in [6.07, 6.45) is 0. The summed E-state index contributed by atoms with van der Waals surface area (Å²) in [6, 6.07) is 26.1. The van der Waals surface area contributed by atoms with Crippen molar-refractivity contribution in [3.63, 3.8) is 0 Å². The van der Waals surface area contributed by atoms with Crippen LogP contribution < -0.4 is 19.5 Å². The number of para-hydroxylation sites is 2. The lowest BCUT2D eigenvalue weighted by Gasteiger charge is -2.12. The van der Waals surface area contributed by atoms with E-state index < -0.39 is 17.8 Å². The Bertz CT molecular complexity index is 1800. The average Bonchev–Trinajstić information content (AvgIpc) is 3.32. The van der Waals surface area contributed by atoms with Gasteiger partial charge in [-0.25, -0.2) is 9.59 Å². The number of hydrogen-bond donors (Lipinski definition) is 1. The van der Waals surface area contributed by atoms with Gasteiger partial charge in [-0.15, -0.1) is 0 Å². The van der Waals surface area contributed by atoms with Gasteiger partial charge in [0.15, 0.2) is 0 Å². The van der Waals surface area contributed by atoms with E-state index in [1.165, 1.54) is 14.2 Å². The van der Waals surface area contributed by atoms with Gasteiger partial charge in [-0.1, -0.05) is 30.3 Å². The second kappa shape index (κ2) is 12.5. The topological polar surface area (TPSA) is 105 Å². The number of nitrogens with zero attached hydrogens (tertiary/aromatic N) is 1. The fraction of sp³-hybridized carbons (Fsp3) is 0.147. The van der Waals surface area contributed by atoms with Gasteiger partial charge in [0.2, 0.25) is 0 Å². The van der Waals surface area contributed by atoms with Gasteiger partial charge < -0.3 is 28.8 Å². The van der Waals surface area contributed by atoms with Gasteiger partial charge >= 0.3 is 11.9 Å². The van der Waals surface area contributed by atoms with Crippen LogP contribution in [-0.2, 0) is 4.74 Å². The molecule has 9 heteroatoms. The van der Waals surface area contributed by atoms with Gasteiger partial charge in [-0.05, 0) is 68.4 Å². The standard InChI is InChI=1S/C34H30N2O7/c1-5-42-34(39)31-21(2)36(23-11-7-6-8-12-23)30-16-15-24(20-28(30)31)43-33(38)27-13-9-10-14-29(27)35-32(37)22-17-25(40-3)19-26(18-22)41-4/h6-20H,5H2,1-4H3,(H,35,37). The number of benzene rings is 4. The Labute approximate surface area is 248 Å². The largest absolute Gasteiger partial charge is 0.497 e. The summed E-state index contributed by atoms with van der Waals surface area (Å²) in [5, 5.41) is 3.36. The molecule has 1 N–H and O–H groups in total. The smallest absolute Gasteiger partial charge is 0.345 e. The number of methoxy groups -OCH3 is 2. The van der Waals surface area contributed by atoms with E-state index in [9.17, 15) is 14.4 Å². The molecule has 0 unspecified atom stereocenters. The van der Waals surface area contributed by atoms with Gasteiger partial charge in [0.05, 0.1) is 43.2 Å². The van der Waals surface area contributed by atoms with Crippen molar-refractivity contribution in [3.8, 4) is 22.9 Å². The molecule has 0 spiro atoms. The van der Waals surface area contributed by atoms with Crippen LogP contribution in [0.4, 0.5) is 5.69 Å². The molecule has 0 bridgehead atoms. The van der Waals surface area contributed by atoms with E-state index >= 15 is 0 Å². The van der Waals surface area contributed by atoms with Gasteiger partial charge in [-0.2, -0.15) is 0 Å². The monoisotopic (exact) mass is 578 g/mol. The molecular formula is C34H30N2O7. The molecule has 5 rings (SSSR count). The molecule has 0 aliphatic carbocycles. The molecule has 218 valence electrons. The number of hydrogen-bond acceptors (Lipinski definition) is 7. The van der Waals surface area contributed by atoms with E-state index in [1.807, 2.05) is 41.8 Å². The molecule has 0 atom stereocenters. The molecule has 0 radical (unpaired) electrons. The Morgan fingerprint density at radius 3 is 2.12 bits per heavy atom. The molecule has 43 heavy (non-hydrogen) atoms. The molecule has 0 saturated heterocycles. The van der Waals surface area contributed by atoms with Crippen LogP contribution in [0.3, 0.4) is 0 Å². The second-order valence-corrected chi connectivity index (χ2v) is 9.52. The summed E-state index contributed by atoms with van der Waals surface area (Å²) in [5.41, 5.74) is 3.42. The summed E-state index contributed by atoms with van der Waals surface area (Å²) in [4.78, 5) is 39.5. The molecule has 0 aliphatic heterocycles. The first-order chi connectivity index (χ1) is 20.8. The lowest BCUT2D eigenvalue weighted by atomic mass is 10.1. The minimum atomic E-state index is -0.685. The van der Waals surface area contributed by atoms with Gasteiger partial charge in [0.25, 0.3) is 5.91 Å². The average molecular weight is 579 g/mol. The molecule has 4 aromatic carbocycles. The summed E-state index contributed by atoms with van der Waals surface area (Å²) in [6.45, 7) is 3.82. The number of amides is 1. The van der Waals surface area contributed by atoms with E-state index in [0.717, 1.165) is 11.2 Å². The zero-order valence-corrected chi connectivity index (χ0v) is 24.2. The van der Waals surface area contributed by atoms with Crippen LogP contribution in [0.25, 0.3) is 16.6 Å². The third-order valence-electron chi connectivity index (χ3n) is 6.89. The predicted octanol–water partition coefficient (Wildman–Crippen LogP) is 6.60. The minimum Gasteiger partial charge on any atom is -0.497 e. The summed E-state index contributed by atoms with van der Waals surface area (Å²) in [7, 11) is 2.99. The molecule has 1 amide bonds. The number of carbonyl (C=O) groups is 3. The van der Waals surface area contributed by atoms with Crippen molar-refractivity contribution in [2.75, 3.05) is 26.1 Å². The van der Waals surface area contributed by atoms with Crippen LogP contribution >= 0.6 is 0 Å². The lowest BCUT2D eigenvalue weighted by molar-refractivity contribution is 0.0527. The number of ether oxygens (including phenoxy) is 4. The van der Waals surface area contributed by atoms with Crippen molar-refractivity contribution in [1.29, 1.82) is 0 Å². The van der Waals surface area contributed by atoms with Crippen LogP contribution in [0.15, 0.2) is 91.0 Å². The number of aromatic nitrogens is 1. The predicted molar refractivity (Wildman–Crippen MR) is 163 cm³/mol. The molecular weight excluding hydrogens is 548 g/mol. The minimum absolute atomic E-state index is 0.148. The fourth-order valence-corrected chi connectivity index (χ4v) is 4.90. The second-order valence-electron chi connectivity index (χ2n) is 9.52. The van der Waals surface area contributed by atoms with E-state index in [1.54, 1.807) is 67.6 Å². The van der Waals surface area contributed by atoms with Gasteiger partial charge in [-0.3, -0.25) is 4.79 Å². The zero-order valence-electron chi connectivity index (χ0n) is 24.2. The zero-order chi connectivity index (χ0) is 30.5. The van der Waals surface area contributed by atoms with E-state index in [0.29, 0.717) is 28.1 Å². The number of esters is 2. The Hall–Kier alpha value is -5.57. The highest BCUT2D eigenvalue weighted by Gasteiger charge is 2.23. The first-order valence-electron chi connectivity index (χ1n) is 13.6. The van der Waals surface area contributed by atoms with E-state index in [2.05, 4.69) is 5.32 Å². The van der Waals surface area contributed by atoms with Gasteiger partial charge in [0.1, 0.15) is 17.2 Å². The molecule has 1 heterocycles. The first-order valence-corrected chi connectivity index (χ1v) is 13.6. The Balaban J connectivity index is 1.47. The Morgan fingerprint density at radius 1 is 0.767 bits per heavy atom. The van der Waals surface area contributed by atoms with Crippen LogP contribution in [0.2, 0.25) is 0 Å². The first kappa shape index (κ1) is 28.9. The van der Waals surface area contributed by atoms with Crippen molar-refractivity contribution < 1.29 is 33.3 Å². The number of nitrogens with one attached hydrogen (secondary N) is 1. The summed E-state index contributed by atoms with van der Waals surface area (Å²) >= 11 is 0. The van der Waals surface area contributed by atoms with Crippen molar-refractivity contribution in [2.45, 2.75) is 13.8 Å². The maximum atomic E-state index is 13.4. The summed E-state index contributed by atoms with van der Waals surface area (Å²) < 4.78 is 23.6. The van der Waals surface area contributed by atoms with Crippen molar-refractivity contribution in [3.05, 3.63) is 113 Å². The molecule has 0 fully saturated rings. The lowest BCUT2D eigenvalue weighted by Crippen LogP contribution is -2.17. The maximum Gasteiger partial charge on any atom is 0.345 e. The number of rotatable bonds is 9. The normalized spacial score (nSPS) is 10.7. The highest BCUT2D eigenvalue weighted by Crippen LogP contribution is 2.33. The SMILES string of the molecule is CCOC(=O)c1c(C)n(-c2ccccc2)c2ccc(OC(=O)c3ccccc3NC(=O)c3cc(OC)cc(OC)c3)cc12. The molecule has 0 aliphatic rings. The molecule has 9 nitrogen and oxygen atoms in total. The maximum absolute atomic E-state index is 13.4. The van der Waals surface area contributed by atoms with Crippen molar-refractivity contribution in [1.82, 2.24) is 4.57 Å². The van der Waals surface area contributed by atoms with E-state index in [4.69, 9.17) is 18.9 Å². The third-order valence-corrected chi connectivity index (χ3v) is 6.89. The highest BCUT2D eigenvalue weighted by atomic mass is 16.5. The van der Waals surface area contributed by atoms with E-state index in [-0.39, 0.29) is 29.2 Å². The highest BCUT2D eigenvalue weighted by molar-refractivity contribution is 6.09. The molecule has 5 aromatic rings. The fourth-order valence-electron chi connectivity index (χ4n) is 4.90. The van der Waals surface area contributed by atoms with Crippen LogP contribution in [0.1, 0.15) is 43.7 Å². The van der Waals surface area contributed by atoms with Crippen molar-refractivity contribution in [2.24, 2.45) is 0 Å². The van der Waals surface area contributed by atoms with Crippen LogP contribution in [0.5, 0.6) is 17.2 Å². The number of fused-ring (bicyclic) bond motifs is 1. The third kappa shape index (κ3) is 5.92. The van der Waals surface area contributed by atoms with Crippen LogP contribution in [-0.4, -0.2) is 43.2 Å². The Kier molecular flexibility index (Phi) is 8.43. The Morgan fingerprint density at radius 2 is 1.44 bits per heavy atom. The number of anilines is 1.